The van der Waals surface area contributed by atoms with Crippen LogP contribution < -0.4 is 11.7 Å². The standard InChI is InChI=1S/C4H6OS.C2H6.CH4O.H4N2/c1-3(5)4(2)6;3*1-2/h6H,2H2,1H3;1-2H3;2H,1H3;1-2H2. The Morgan fingerprint density at radius 1 is 1.33 bits per heavy atom. The van der Waals surface area contributed by atoms with E-state index in [1.165, 1.54) is 6.92 Å². The highest BCUT2D eigenvalue weighted by molar-refractivity contribution is 7.85. The minimum Gasteiger partial charge on any atom is -0.400 e. The molecule has 0 aliphatic rings. The smallest absolute Gasteiger partial charge is 0.165 e. The van der Waals surface area contributed by atoms with Gasteiger partial charge in [-0.1, -0.05) is 20.4 Å². The lowest BCUT2D eigenvalue weighted by molar-refractivity contribution is -0.112. The molecule has 0 atom stereocenters. The van der Waals surface area contributed by atoms with Crippen LogP contribution in [0.15, 0.2) is 11.5 Å². The summed E-state index contributed by atoms with van der Waals surface area (Å²) in [6, 6.07) is 0. The van der Waals surface area contributed by atoms with Crippen LogP contribution >= 0.6 is 12.6 Å². The number of thiol groups is 1. The molecule has 0 amide bonds. The summed E-state index contributed by atoms with van der Waals surface area (Å²) < 4.78 is 0. The molecule has 0 aromatic carbocycles. The molecule has 76 valence electrons. The lowest BCUT2D eigenvalue weighted by atomic mass is 10.4. The molecule has 5 heteroatoms. The number of carbonyl (C=O) groups is 1. The van der Waals surface area contributed by atoms with Crippen LogP contribution in [0.5, 0.6) is 0 Å². The number of rotatable bonds is 1. The van der Waals surface area contributed by atoms with Gasteiger partial charge in [0.2, 0.25) is 0 Å². The molecule has 0 radical (unpaired) electrons. The highest BCUT2D eigenvalue weighted by atomic mass is 32.1. The summed E-state index contributed by atoms with van der Waals surface area (Å²) in [5.41, 5.74) is 0. The molecule has 5 N–H and O–H groups in total. The Kier molecular flexibility index (Phi) is 58.5. The minimum atomic E-state index is -0.0710. The maximum atomic E-state index is 9.97. The zero-order valence-electron chi connectivity index (χ0n) is 8.16. The topological polar surface area (TPSA) is 89.3 Å². The van der Waals surface area contributed by atoms with Gasteiger partial charge in [0.05, 0.1) is 0 Å². The number of hydrogen-bond donors (Lipinski definition) is 4. The molecule has 12 heavy (non-hydrogen) atoms. The summed E-state index contributed by atoms with van der Waals surface area (Å²) in [5.74, 6) is 7.93. The Balaban J connectivity index is -0.0000000453. The average Bonchev–Trinajstić information content (AvgIpc) is 2.14. The SMILES string of the molecule is C=C(S)C(C)=O.CC.CO.NN. The molecule has 4 nitrogen and oxygen atoms in total. The van der Waals surface area contributed by atoms with Crippen molar-refractivity contribution >= 4 is 18.4 Å². The van der Waals surface area contributed by atoms with E-state index in [1.54, 1.807) is 0 Å². The van der Waals surface area contributed by atoms with E-state index in [9.17, 15) is 4.79 Å². The monoisotopic (exact) mass is 196 g/mol. The van der Waals surface area contributed by atoms with Crippen molar-refractivity contribution in [1.82, 2.24) is 0 Å². The quantitative estimate of drug-likeness (QED) is 0.212. The third-order valence-electron chi connectivity index (χ3n) is 0.406. The molecule has 0 fully saturated rings. The van der Waals surface area contributed by atoms with Gasteiger partial charge in [-0.05, 0) is 6.92 Å². The van der Waals surface area contributed by atoms with E-state index in [1.807, 2.05) is 13.8 Å². The zero-order chi connectivity index (χ0) is 11.2. The van der Waals surface area contributed by atoms with Crippen LogP contribution in [0, 0.1) is 0 Å². The summed E-state index contributed by atoms with van der Waals surface area (Å²) in [6.45, 7) is 8.70. The third kappa shape index (κ3) is 54.3. The molecule has 0 aromatic heterocycles. The molecule has 0 bridgehead atoms. The molecule has 0 spiro atoms. The van der Waals surface area contributed by atoms with E-state index in [4.69, 9.17) is 5.11 Å². The Bertz CT molecular complexity index is 85.4. The number of Topliss-reactive ketones (excluding diaryl/α,β-unsaturated/α-hetero) is 1. The van der Waals surface area contributed by atoms with Crippen molar-refractivity contribution in [2.24, 2.45) is 11.7 Å². The predicted octanol–water partition coefficient (Wildman–Crippen LogP) is 0.472. The molecule has 0 unspecified atom stereocenters. The second-order valence-electron chi connectivity index (χ2n) is 1.00. The molecule has 0 aliphatic heterocycles. The Hall–Kier alpha value is -0.360. The largest absolute Gasteiger partial charge is 0.400 e. The number of nitrogens with two attached hydrogens (primary N) is 2. The van der Waals surface area contributed by atoms with Crippen molar-refractivity contribution in [3.63, 3.8) is 0 Å². The van der Waals surface area contributed by atoms with Gasteiger partial charge in [0.15, 0.2) is 5.78 Å². The van der Waals surface area contributed by atoms with Crippen LogP contribution in [-0.4, -0.2) is 18.0 Å². The highest BCUT2D eigenvalue weighted by Crippen LogP contribution is 1.93. The van der Waals surface area contributed by atoms with Gasteiger partial charge in [-0.2, -0.15) is 0 Å². The molecule has 0 rings (SSSR count). The van der Waals surface area contributed by atoms with E-state index >= 15 is 0 Å². The number of aliphatic hydroxyl groups excluding tert-OH is 1. The van der Waals surface area contributed by atoms with E-state index < -0.39 is 0 Å². The number of hydrazine groups is 1. The summed E-state index contributed by atoms with van der Waals surface area (Å²) >= 11 is 3.65. The number of ketones is 1. The first-order valence-electron chi connectivity index (χ1n) is 3.31. The van der Waals surface area contributed by atoms with Crippen molar-refractivity contribution in [3.05, 3.63) is 11.5 Å². The van der Waals surface area contributed by atoms with Crippen LogP contribution in [-0.2, 0) is 4.79 Å². The Morgan fingerprint density at radius 3 is 1.42 bits per heavy atom. The van der Waals surface area contributed by atoms with Crippen LogP contribution in [0.4, 0.5) is 0 Å². The normalized spacial score (nSPS) is 5.33. The van der Waals surface area contributed by atoms with Gasteiger partial charge in [-0.25, -0.2) is 0 Å². The van der Waals surface area contributed by atoms with Gasteiger partial charge in [0, 0.05) is 12.0 Å². The number of hydrogen-bond acceptors (Lipinski definition) is 5. The number of aliphatic hydroxyl groups is 1. The zero-order valence-corrected chi connectivity index (χ0v) is 9.06. The van der Waals surface area contributed by atoms with Gasteiger partial charge in [0.25, 0.3) is 0 Å². The van der Waals surface area contributed by atoms with Gasteiger partial charge in [0.1, 0.15) is 0 Å². The first-order valence-corrected chi connectivity index (χ1v) is 3.76. The van der Waals surface area contributed by atoms with E-state index in [0.717, 1.165) is 7.11 Å². The van der Waals surface area contributed by atoms with Gasteiger partial charge < -0.3 is 5.11 Å². The fourth-order valence-corrected chi connectivity index (χ4v) is 0. The molecule has 0 aromatic rings. The van der Waals surface area contributed by atoms with E-state index in [2.05, 4.69) is 30.9 Å². The molecule has 0 saturated heterocycles. The molecule has 0 aliphatic carbocycles. The summed E-state index contributed by atoms with van der Waals surface area (Å²) in [7, 11) is 1.00. The summed E-state index contributed by atoms with van der Waals surface area (Å²) in [4.78, 5) is 10.3. The van der Waals surface area contributed by atoms with Crippen molar-refractivity contribution in [3.8, 4) is 0 Å². The highest BCUT2D eigenvalue weighted by Gasteiger charge is 1.87. The van der Waals surface area contributed by atoms with Crippen molar-refractivity contribution < 1.29 is 9.90 Å². The lowest BCUT2D eigenvalue weighted by Gasteiger charge is -1.79. The van der Waals surface area contributed by atoms with Crippen molar-refractivity contribution in [1.29, 1.82) is 0 Å². The maximum Gasteiger partial charge on any atom is 0.165 e. The Labute approximate surface area is 80.0 Å². The van der Waals surface area contributed by atoms with Crippen LogP contribution in [0.1, 0.15) is 20.8 Å². The second-order valence-corrected chi connectivity index (χ2v) is 1.54. The molecule has 0 saturated carbocycles. The molecular formula is C7H20N2O2S. The maximum absolute atomic E-state index is 9.97. The lowest BCUT2D eigenvalue weighted by Crippen LogP contribution is -2.02. The average molecular weight is 196 g/mol. The van der Waals surface area contributed by atoms with Gasteiger partial charge >= 0.3 is 0 Å². The van der Waals surface area contributed by atoms with Crippen LogP contribution in [0.2, 0.25) is 0 Å². The van der Waals surface area contributed by atoms with E-state index in [0.29, 0.717) is 4.91 Å². The predicted molar refractivity (Wildman–Crippen MR) is 56.7 cm³/mol. The molecule has 0 heterocycles. The van der Waals surface area contributed by atoms with Crippen LogP contribution in [0.3, 0.4) is 0 Å². The van der Waals surface area contributed by atoms with Crippen molar-refractivity contribution in [2.45, 2.75) is 20.8 Å². The minimum absolute atomic E-state index is 0.0710. The first kappa shape index (κ1) is 22.6. The van der Waals surface area contributed by atoms with Gasteiger partial charge in [-0.3, -0.25) is 16.5 Å². The fourth-order valence-electron chi connectivity index (χ4n) is 0. The Morgan fingerprint density at radius 2 is 1.42 bits per heavy atom. The number of carbonyl (C=O) groups excluding carboxylic acids is 1. The van der Waals surface area contributed by atoms with Crippen molar-refractivity contribution in [2.75, 3.05) is 7.11 Å². The van der Waals surface area contributed by atoms with Crippen LogP contribution in [0.25, 0.3) is 0 Å². The van der Waals surface area contributed by atoms with E-state index in [-0.39, 0.29) is 5.78 Å². The van der Waals surface area contributed by atoms with Gasteiger partial charge in [-0.15, -0.1) is 12.6 Å². The number of allylic oxidation sites excluding steroid dienone is 1. The second kappa shape index (κ2) is 31.1. The first-order chi connectivity index (χ1) is 5.64. The fraction of sp³-hybridized carbons (Fsp3) is 0.571. The molecular weight excluding hydrogens is 176 g/mol. The summed E-state index contributed by atoms with van der Waals surface area (Å²) in [5, 5.41) is 7.00. The summed E-state index contributed by atoms with van der Waals surface area (Å²) in [6.07, 6.45) is 0. The third-order valence-corrected chi connectivity index (χ3v) is 0.721.